The van der Waals surface area contributed by atoms with Crippen LogP contribution < -0.4 is 10.1 Å². The zero-order valence-corrected chi connectivity index (χ0v) is 8.92. The lowest BCUT2D eigenvalue weighted by atomic mass is 10.0. The number of benzene rings is 1. The number of ether oxygens (including phenoxy) is 1. The Hall–Kier alpha value is -1.46. The molecule has 0 fully saturated rings. The van der Waals surface area contributed by atoms with Gasteiger partial charge in [-0.2, -0.15) is 0 Å². The third-order valence-corrected chi connectivity index (χ3v) is 2.57. The molecule has 0 amide bonds. The fourth-order valence-corrected chi connectivity index (χ4v) is 1.82. The first-order chi connectivity index (χ1) is 7.42. The molecule has 1 N–H and O–H groups in total. The van der Waals surface area contributed by atoms with Crippen LogP contribution in [0.25, 0.3) is 0 Å². The van der Waals surface area contributed by atoms with Crippen molar-refractivity contribution in [1.29, 1.82) is 0 Å². The van der Waals surface area contributed by atoms with Crippen LogP contribution in [0.5, 0.6) is 5.75 Å². The standard InChI is InChI=1S/C13H15NO/c1-2-3-9-14-12-8-10-15-13-7-5-4-6-11(12)13/h4-7,12,14H,8-10H2,1H3. The Kier molecular flexibility index (Phi) is 3.26. The van der Waals surface area contributed by atoms with Gasteiger partial charge in [0.05, 0.1) is 13.2 Å². The predicted octanol–water partition coefficient (Wildman–Crippen LogP) is 2.12. The lowest BCUT2D eigenvalue weighted by Gasteiger charge is -2.26. The van der Waals surface area contributed by atoms with E-state index in [0.717, 1.165) is 25.3 Å². The quantitative estimate of drug-likeness (QED) is 0.740. The zero-order valence-electron chi connectivity index (χ0n) is 8.92. The molecule has 0 radical (unpaired) electrons. The molecule has 2 rings (SSSR count). The number of rotatable bonds is 2. The Balaban J connectivity index is 2.10. The van der Waals surface area contributed by atoms with Gasteiger partial charge in [-0.1, -0.05) is 24.1 Å². The van der Waals surface area contributed by atoms with Crippen molar-refractivity contribution in [2.45, 2.75) is 19.4 Å². The molecule has 1 unspecified atom stereocenters. The van der Waals surface area contributed by atoms with Gasteiger partial charge in [-0.3, -0.25) is 5.32 Å². The molecule has 0 spiro atoms. The summed E-state index contributed by atoms with van der Waals surface area (Å²) in [5.41, 5.74) is 1.25. The van der Waals surface area contributed by atoms with E-state index < -0.39 is 0 Å². The fourth-order valence-electron chi connectivity index (χ4n) is 1.82. The second-order valence-corrected chi connectivity index (χ2v) is 3.54. The van der Waals surface area contributed by atoms with Gasteiger partial charge in [-0.05, 0) is 13.0 Å². The van der Waals surface area contributed by atoms with Crippen LogP contribution in [0, 0.1) is 11.8 Å². The van der Waals surface area contributed by atoms with Gasteiger partial charge >= 0.3 is 0 Å². The average molecular weight is 201 g/mol. The van der Waals surface area contributed by atoms with Crippen molar-refractivity contribution >= 4 is 0 Å². The first-order valence-corrected chi connectivity index (χ1v) is 5.26. The van der Waals surface area contributed by atoms with Gasteiger partial charge in [0.25, 0.3) is 0 Å². The van der Waals surface area contributed by atoms with Gasteiger partial charge < -0.3 is 4.74 Å². The summed E-state index contributed by atoms with van der Waals surface area (Å²) in [6, 6.07) is 8.58. The van der Waals surface area contributed by atoms with Crippen LogP contribution in [0.4, 0.5) is 0 Å². The molecule has 0 aliphatic carbocycles. The van der Waals surface area contributed by atoms with Crippen molar-refractivity contribution in [3.8, 4) is 17.6 Å². The second kappa shape index (κ2) is 4.86. The highest BCUT2D eigenvalue weighted by Gasteiger charge is 2.19. The predicted molar refractivity (Wildman–Crippen MR) is 60.7 cm³/mol. The van der Waals surface area contributed by atoms with Crippen molar-refractivity contribution in [2.24, 2.45) is 0 Å². The second-order valence-electron chi connectivity index (χ2n) is 3.54. The molecular formula is C13H15NO. The maximum atomic E-state index is 5.58. The summed E-state index contributed by atoms with van der Waals surface area (Å²) in [6.45, 7) is 3.39. The maximum Gasteiger partial charge on any atom is 0.124 e. The molecule has 0 saturated heterocycles. The Morgan fingerprint density at radius 2 is 2.33 bits per heavy atom. The largest absolute Gasteiger partial charge is 0.493 e. The molecule has 0 aromatic heterocycles. The molecule has 0 bridgehead atoms. The molecule has 1 atom stereocenters. The van der Waals surface area contributed by atoms with Crippen LogP contribution in [0.3, 0.4) is 0 Å². The van der Waals surface area contributed by atoms with E-state index in [4.69, 9.17) is 4.74 Å². The maximum absolute atomic E-state index is 5.58. The number of nitrogens with one attached hydrogen (secondary N) is 1. The molecule has 15 heavy (non-hydrogen) atoms. The van der Waals surface area contributed by atoms with E-state index >= 15 is 0 Å². The normalized spacial score (nSPS) is 18.3. The van der Waals surface area contributed by atoms with Crippen molar-refractivity contribution in [2.75, 3.05) is 13.2 Å². The number of para-hydroxylation sites is 1. The minimum Gasteiger partial charge on any atom is -0.493 e. The smallest absolute Gasteiger partial charge is 0.124 e. The van der Waals surface area contributed by atoms with E-state index in [1.54, 1.807) is 0 Å². The molecule has 1 heterocycles. The molecule has 1 aromatic carbocycles. The van der Waals surface area contributed by atoms with Gasteiger partial charge in [0.1, 0.15) is 5.75 Å². The van der Waals surface area contributed by atoms with Crippen LogP contribution >= 0.6 is 0 Å². The lowest BCUT2D eigenvalue weighted by Crippen LogP contribution is -2.27. The molecule has 1 aromatic rings. The Morgan fingerprint density at radius 3 is 3.20 bits per heavy atom. The summed E-state index contributed by atoms with van der Waals surface area (Å²) in [5.74, 6) is 6.92. The van der Waals surface area contributed by atoms with E-state index in [-0.39, 0.29) is 0 Å². The molecule has 0 saturated carbocycles. The lowest BCUT2D eigenvalue weighted by molar-refractivity contribution is 0.255. The first kappa shape index (κ1) is 10.1. The molecule has 2 heteroatoms. The molecule has 1 aliphatic heterocycles. The molecule has 1 aliphatic rings. The number of hydrogen-bond donors (Lipinski definition) is 1. The molecular weight excluding hydrogens is 186 g/mol. The Morgan fingerprint density at radius 1 is 1.47 bits per heavy atom. The number of hydrogen-bond acceptors (Lipinski definition) is 2. The average Bonchev–Trinajstić information content (AvgIpc) is 2.30. The summed E-state index contributed by atoms with van der Waals surface area (Å²) in [4.78, 5) is 0. The zero-order chi connectivity index (χ0) is 10.5. The van der Waals surface area contributed by atoms with Gasteiger partial charge in [-0.15, -0.1) is 5.92 Å². The molecule has 2 nitrogen and oxygen atoms in total. The summed E-state index contributed by atoms with van der Waals surface area (Å²) in [6.07, 6.45) is 1.02. The number of fused-ring (bicyclic) bond motifs is 1. The van der Waals surface area contributed by atoms with Crippen molar-refractivity contribution < 1.29 is 4.74 Å². The first-order valence-electron chi connectivity index (χ1n) is 5.26. The van der Waals surface area contributed by atoms with Crippen LogP contribution in [-0.2, 0) is 0 Å². The Bertz CT molecular complexity index is 389. The van der Waals surface area contributed by atoms with Crippen molar-refractivity contribution in [3.63, 3.8) is 0 Å². The SMILES string of the molecule is CC#CCNC1CCOc2ccccc21. The van der Waals surface area contributed by atoms with E-state index in [1.165, 1.54) is 5.56 Å². The van der Waals surface area contributed by atoms with E-state index in [0.29, 0.717) is 6.04 Å². The topological polar surface area (TPSA) is 21.3 Å². The van der Waals surface area contributed by atoms with E-state index in [1.807, 2.05) is 25.1 Å². The Labute approximate surface area is 90.6 Å². The van der Waals surface area contributed by atoms with Crippen LogP contribution in [0.15, 0.2) is 24.3 Å². The van der Waals surface area contributed by atoms with Crippen molar-refractivity contribution in [3.05, 3.63) is 29.8 Å². The van der Waals surface area contributed by atoms with Gasteiger partial charge in [0.15, 0.2) is 0 Å². The van der Waals surface area contributed by atoms with Crippen LogP contribution in [-0.4, -0.2) is 13.2 Å². The highest BCUT2D eigenvalue weighted by Crippen LogP contribution is 2.31. The minimum absolute atomic E-state index is 0.385. The summed E-state index contributed by atoms with van der Waals surface area (Å²) >= 11 is 0. The van der Waals surface area contributed by atoms with Crippen LogP contribution in [0.2, 0.25) is 0 Å². The highest BCUT2D eigenvalue weighted by atomic mass is 16.5. The monoisotopic (exact) mass is 201 g/mol. The minimum atomic E-state index is 0.385. The summed E-state index contributed by atoms with van der Waals surface area (Å²) < 4.78 is 5.58. The summed E-state index contributed by atoms with van der Waals surface area (Å²) in [7, 11) is 0. The van der Waals surface area contributed by atoms with E-state index in [9.17, 15) is 0 Å². The third kappa shape index (κ3) is 2.31. The van der Waals surface area contributed by atoms with Gasteiger partial charge in [0, 0.05) is 18.0 Å². The van der Waals surface area contributed by atoms with Gasteiger partial charge in [0.2, 0.25) is 0 Å². The summed E-state index contributed by atoms with van der Waals surface area (Å²) in [5, 5.41) is 3.43. The highest BCUT2D eigenvalue weighted by molar-refractivity contribution is 5.37. The fraction of sp³-hybridized carbons (Fsp3) is 0.385. The van der Waals surface area contributed by atoms with Crippen molar-refractivity contribution in [1.82, 2.24) is 5.32 Å². The van der Waals surface area contributed by atoms with E-state index in [2.05, 4.69) is 23.2 Å². The molecule has 78 valence electrons. The van der Waals surface area contributed by atoms with Gasteiger partial charge in [-0.25, -0.2) is 0 Å². The van der Waals surface area contributed by atoms with Crippen LogP contribution in [0.1, 0.15) is 24.9 Å². The third-order valence-electron chi connectivity index (χ3n) is 2.57.